The highest BCUT2D eigenvalue weighted by atomic mass is 16.5. The van der Waals surface area contributed by atoms with Crippen molar-refractivity contribution in [2.45, 2.75) is 38.8 Å². The van der Waals surface area contributed by atoms with Crippen molar-refractivity contribution >= 4 is 17.6 Å². The molecule has 1 atom stereocenters. The molecule has 0 fully saturated rings. The summed E-state index contributed by atoms with van der Waals surface area (Å²) in [6.45, 7) is 5.19. The number of carbonyl (C=O) groups excluding carboxylic acids is 2. The van der Waals surface area contributed by atoms with Gasteiger partial charge in [0.15, 0.2) is 5.82 Å². The second kappa shape index (κ2) is 11.0. The molecule has 1 aromatic heterocycles. The highest BCUT2D eigenvalue weighted by Crippen LogP contribution is 2.25. The maximum absolute atomic E-state index is 12.8. The second-order valence-electron chi connectivity index (χ2n) is 7.49. The summed E-state index contributed by atoms with van der Waals surface area (Å²) < 4.78 is 5.10. The number of amides is 2. The van der Waals surface area contributed by atoms with E-state index in [4.69, 9.17) is 9.63 Å². The van der Waals surface area contributed by atoms with Crippen LogP contribution in [0.5, 0.6) is 0 Å². The number of aliphatic hydroxyl groups excluding tert-OH is 1. The second-order valence-corrected chi connectivity index (χ2v) is 7.49. The quantitative estimate of drug-likeness (QED) is 0.291. The van der Waals surface area contributed by atoms with E-state index in [0.717, 1.165) is 0 Å². The summed E-state index contributed by atoms with van der Waals surface area (Å²) in [5.41, 5.74) is 1.61. The van der Waals surface area contributed by atoms with Gasteiger partial charge in [0.25, 0.3) is 11.8 Å². The highest BCUT2D eigenvalue weighted by molar-refractivity contribution is 5.98. The Labute approximate surface area is 186 Å². The van der Waals surface area contributed by atoms with Crippen LogP contribution in [0.1, 0.15) is 41.9 Å². The lowest BCUT2D eigenvalue weighted by molar-refractivity contribution is -0.132. The number of aryl methyl sites for hydroxylation is 1. The van der Waals surface area contributed by atoms with E-state index in [0.29, 0.717) is 29.1 Å². The molecule has 0 bridgehead atoms. The molecule has 168 valence electrons. The number of hydrogen-bond acceptors (Lipinski definition) is 7. The van der Waals surface area contributed by atoms with Crippen LogP contribution < -0.4 is 15.7 Å². The first-order valence-corrected chi connectivity index (χ1v) is 9.82. The minimum absolute atomic E-state index is 0.0153. The van der Waals surface area contributed by atoms with Crippen LogP contribution in [0.15, 0.2) is 34.9 Å². The average molecular weight is 438 g/mol. The molecule has 2 aromatic rings. The number of hydroxylamine groups is 1. The van der Waals surface area contributed by atoms with Crippen molar-refractivity contribution in [3.8, 4) is 23.7 Å². The van der Waals surface area contributed by atoms with Gasteiger partial charge in [-0.05, 0) is 56.9 Å². The smallest absolute Gasteiger partial charge is 0.268 e. The first-order chi connectivity index (χ1) is 15.2. The van der Waals surface area contributed by atoms with Gasteiger partial charge in [-0.15, -0.1) is 0 Å². The molecule has 0 aliphatic heterocycles. The largest absolute Gasteiger partial charge is 0.395 e. The fourth-order valence-corrected chi connectivity index (χ4v) is 2.81. The minimum atomic E-state index is -1.12. The molecule has 2 amide bonds. The number of aromatic nitrogens is 1. The molecule has 9 heteroatoms. The number of carbonyl (C=O) groups is 2. The van der Waals surface area contributed by atoms with Gasteiger partial charge in [-0.3, -0.25) is 14.8 Å². The van der Waals surface area contributed by atoms with E-state index in [1.54, 1.807) is 68.5 Å². The topological polar surface area (TPSA) is 128 Å². The molecule has 1 heterocycles. The van der Waals surface area contributed by atoms with Gasteiger partial charge in [-0.2, -0.15) is 0 Å². The Balaban J connectivity index is 2.19. The molecule has 1 aromatic carbocycles. The molecule has 0 unspecified atom stereocenters. The van der Waals surface area contributed by atoms with Crippen molar-refractivity contribution in [2.24, 2.45) is 0 Å². The SMILES string of the molecule is Cc1cc(N(C)C(C)(C)[C@H](NC(=O)c2ccc(C#CC#CCCO)cc2)C(=O)NO)no1. The third-order valence-corrected chi connectivity index (χ3v) is 4.92. The zero-order valence-electron chi connectivity index (χ0n) is 18.4. The number of rotatable bonds is 7. The molecule has 0 saturated carbocycles. The Hall–Kier alpha value is -3.79. The van der Waals surface area contributed by atoms with Crippen LogP contribution in [0.4, 0.5) is 5.82 Å². The summed E-state index contributed by atoms with van der Waals surface area (Å²) in [6, 6.07) is 7.05. The zero-order chi connectivity index (χ0) is 23.7. The summed E-state index contributed by atoms with van der Waals surface area (Å²) in [5.74, 6) is 10.6. The molecule has 0 saturated heterocycles. The summed E-state index contributed by atoms with van der Waals surface area (Å²) in [6.07, 6.45) is 0.359. The molecule has 32 heavy (non-hydrogen) atoms. The van der Waals surface area contributed by atoms with Gasteiger partial charge in [0.1, 0.15) is 11.8 Å². The lowest BCUT2D eigenvalue weighted by atomic mass is 9.91. The number of nitrogens with one attached hydrogen (secondary N) is 2. The van der Waals surface area contributed by atoms with E-state index in [1.807, 2.05) is 0 Å². The maximum Gasteiger partial charge on any atom is 0.268 e. The van der Waals surface area contributed by atoms with Crippen LogP contribution in [0.3, 0.4) is 0 Å². The van der Waals surface area contributed by atoms with Gasteiger partial charge < -0.3 is 19.8 Å². The van der Waals surface area contributed by atoms with Crippen molar-refractivity contribution in [2.75, 3.05) is 18.6 Å². The summed E-state index contributed by atoms with van der Waals surface area (Å²) in [5, 5.41) is 24.5. The monoisotopic (exact) mass is 438 g/mol. The summed E-state index contributed by atoms with van der Waals surface area (Å²) >= 11 is 0. The first-order valence-electron chi connectivity index (χ1n) is 9.82. The zero-order valence-corrected chi connectivity index (χ0v) is 18.4. The predicted octanol–water partition coefficient (Wildman–Crippen LogP) is 1.24. The third-order valence-electron chi connectivity index (χ3n) is 4.92. The van der Waals surface area contributed by atoms with Crippen LogP contribution in [-0.4, -0.2) is 52.5 Å². The molecule has 0 aliphatic rings. The molecular formula is C23H26N4O5. The maximum atomic E-state index is 12.8. The van der Waals surface area contributed by atoms with Gasteiger partial charge in [0.2, 0.25) is 0 Å². The third kappa shape index (κ3) is 6.11. The van der Waals surface area contributed by atoms with Gasteiger partial charge in [-0.25, -0.2) is 5.48 Å². The average Bonchev–Trinajstić information content (AvgIpc) is 3.22. The van der Waals surface area contributed by atoms with Crippen molar-refractivity contribution in [1.82, 2.24) is 16.0 Å². The Morgan fingerprint density at radius 3 is 2.50 bits per heavy atom. The van der Waals surface area contributed by atoms with Gasteiger partial charge >= 0.3 is 0 Å². The van der Waals surface area contributed by atoms with Crippen molar-refractivity contribution in [3.05, 3.63) is 47.2 Å². The Bertz CT molecular complexity index is 1070. The van der Waals surface area contributed by atoms with Crippen LogP contribution >= 0.6 is 0 Å². The number of likely N-dealkylation sites (N-methyl/N-ethyl adjacent to an activating group) is 1. The summed E-state index contributed by atoms with van der Waals surface area (Å²) in [7, 11) is 1.71. The van der Waals surface area contributed by atoms with Crippen LogP contribution in [0.2, 0.25) is 0 Å². The van der Waals surface area contributed by atoms with Gasteiger partial charge in [0, 0.05) is 30.7 Å². The number of anilines is 1. The minimum Gasteiger partial charge on any atom is -0.395 e. The standard InChI is InChI=1S/C23H26N4O5/c1-16-15-19(26-32-16)27(4)23(2,3)20(22(30)25-31)24-21(29)18-12-10-17(11-13-18)9-7-5-6-8-14-28/h10-13,15,20,28,31H,8,14H2,1-4H3,(H,24,29)(H,25,30)/t20-/m1/s1. The lowest BCUT2D eigenvalue weighted by Gasteiger charge is -2.40. The Morgan fingerprint density at radius 1 is 1.25 bits per heavy atom. The lowest BCUT2D eigenvalue weighted by Crippen LogP contribution is -2.63. The Morgan fingerprint density at radius 2 is 1.94 bits per heavy atom. The Kier molecular flexibility index (Phi) is 8.42. The summed E-state index contributed by atoms with van der Waals surface area (Å²) in [4.78, 5) is 26.9. The fourth-order valence-electron chi connectivity index (χ4n) is 2.81. The van der Waals surface area contributed by atoms with E-state index in [2.05, 4.69) is 34.2 Å². The van der Waals surface area contributed by atoms with Gasteiger partial charge in [0.05, 0.1) is 12.1 Å². The van der Waals surface area contributed by atoms with Crippen molar-refractivity contribution in [3.63, 3.8) is 0 Å². The molecular weight excluding hydrogens is 412 g/mol. The predicted molar refractivity (Wildman–Crippen MR) is 118 cm³/mol. The molecule has 0 aliphatic carbocycles. The highest BCUT2D eigenvalue weighted by Gasteiger charge is 2.41. The van der Waals surface area contributed by atoms with E-state index < -0.39 is 23.4 Å². The van der Waals surface area contributed by atoms with Crippen LogP contribution in [0, 0.1) is 30.6 Å². The number of nitrogens with zero attached hydrogens (tertiary/aromatic N) is 2. The van der Waals surface area contributed by atoms with E-state index in [1.165, 1.54) is 0 Å². The number of hydrogen-bond donors (Lipinski definition) is 4. The van der Waals surface area contributed by atoms with E-state index in [-0.39, 0.29) is 6.61 Å². The van der Waals surface area contributed by atoms with Crippen LogP contribution in [-0.2, 0) is 4.79 Å². The van der Waals surface area contributed by atoms with Crippen molar-refractivity contribution < 1.29 is 24.4 Å². The molecule has 0 spiro atoms. The first kappa shape index (κ1) is 24.5. The van der Waals surface area contributed by atoms with Crippen molar-refractivity contribution in [1.29, 1.82) is 0 Å². The number of aliphatic hydroxyl groups is 1. The molecule has 0 radical (unpaired) electrons. The molecule has 4 N–H and O–H groups in total. The van der Waals surface area contributed by atoms with Crippen LogP contribution in [0.25, 0.3) is 0 Å². The fraction of sp³-hybridized carbons (Fsp3) is 0.348. The van der Waals surface area contributed by atoms with E-state index >= 15 is 0 Å². The normalized spacial score (nSPS) is 11.3. The molecule has 9 nitrogen and oxygen atoms in total. The molecule has 2 rings (SSSR count). The van der Waals surface area contributed by atoms with Gasteiger partial charge in [-0.1, -0.05) is 17.0 Å². The number of benzene rings is 1. The van der Waals surface area contributed by atoms with E-state index in [9.17, 15) is 14.8 Å².